The highest BCUT2D eigenvalue weighted by Gasteiger charge is 2.27. The average molecular weight is 305 g/mol. The normalized spacial score (nSPS) is 18.0. The summed E-state index contributed by atoms with van der Waals surface area (Å²) in [7, 11) is 0. The molecule has 3 rings (SSSR count). The van der Waals surface area contributed by atoms with Gasteiger partial charge in [-0.15, -0.1) is 0 Å². The van der Waals surface area contributed by atoms with Crippen LogP contribution in [-0.4, -0.2) is 38.3 Å². The summed E-state index contributed by atoms with van der Waals surface area (Å²) in [6.07, 6.45) is 2.04. The first kappa shape index (κ1) is 15.1. The first-order valence-corrected chi connectivity index (χ1v) is 7.77. The van der Waals surface area contributed by atoms with Crippen LogP contribution in [0.4, 0.5) is 0 Å². The summed E-state index contributed by atoms with van der Waals surface area (Å²) in [4.78, 5) is 11.2. The molecule has 7 nitrogen and oxygen atoms in total. The summed E-state index contributed by atoms with van der Waals surface area (Å²) in [5.74, 6) is 3.30. The number of aryl methyl sites for hydroxylation is 1. The largest absolute Gasteiger partial charge is 0.339 e. The lowest BCUT2D eigenvalue weighted by molar-refractivity contribution is 0.182. The molecule has 2 aromatic heterocycles. The number of nitrogens with zero attached hydrogens (tertiary/aromatic N) is 5. The van der Waals surface area contributed by atoms with Crippen molar-refractivity contribution in [3.63, 3.8) is 0 Å². The molecule has 0 radical (unpaired) electrons. The zero-order valence-corrected chi connectivity index (χ0v) is 13.7. The van der Waals surface area contributed by atoms with Crippen molar-refractivity contribution >= 4 is 0 Å². The van der Waals surface area contributed by atoms with Crippen LogP contribution in [0.3, 0.4) is 0 Å². The second kappa shape index (κ2) is 5.79. The van der Waals surface area contributed by atoms with E-state index in [4.69, 9.17) is 9.05 Å². The third-order valence-corrected chi connectivity index (χ3v) is 3.95. The van der Waals surface area contributed by atoms with Gasteiger partial charge in [0, 0.05) is 11.3 Å². The van der Waals surface area contributed by atoms with Crippen LogP contribution in [0.25, 0.3) is 0 Å². The fourth-order valence-corrected chi connectivity index (χ4v) is 2.64. The van der Waals surface area contributed by atoms with Crippen molar-refractivity contribution in [2.75, 3.05) is 13.1 Å². The van der Waals surface area contributed by atoms with Gasteiger partial charge in [0.25, 0.3) is 0 Å². The van der Waals surface area contributed by atoms with E-state index in [0.29, 0.717) is 17.6 Å². The molecular formula is C15H23N5O2. The number of hydrogen-bond acceptors (Lipinski definition) is 7. The van der Waals surface area contributed by atoms with Crippen LogP contribution in [0.2, 0.25) is 0 Å². The van der Waals surface area contributed by atoms with Gasteiger partial charge in [-0.1, -0.05) is 31.1 Å². The predicted molar refractivity (Wildman–Crippen MR) is 79.3 cm³/mol. The molecule has 1 aliphatic rings. The monoisotopic (exact) mass is 305 g/mol. The molecule has 2 aromatic rings. The molecule has 0 amide bonds. The van der Waals surface area contributed by atoms with Crippen molar-refractivity contribution in [3.05, 3.63) is 23.4 Å². The van der Waals surface area contributed by atoms with E-state index in [1.807, 2.05) is 6.92 Å². The molecule has 0 unspecified atom stereocenters. The maximum atomic E-state index is 5.34. The van der Waals surface area contributed by atoms with E-state index in [9.17, 15) is 0 Å². The topological polar surface area (TPSA) is 81.1 Å². The molecule has 120 valence electrons. The highest BCUT2D eigenvalue weighted by molar-refractivity contribution is 4.99. The highest BCUT2D eigenvalue weighted by atomic mass is 16.5. The molecule has 0 bridgehead atoms. The lowest BCUT2D eigenvalue weighted by atomic mass is 9.96. The van der Waals surface area contributed by atoms with E-state index < -0.39 is 0 Å². The average Bonchev–Trinajstić information content (AvgIpc) is 3.08. The maximum Gasteiger partial charge on any atom is 0.232 e. The van der Waals surface area contributed by atoms with Crippen molar-refractivity contribution in [1.82, 2.24) is 25.2 Å². The van der Waals surface area contributed by atoms with Gasteiger partial charge in [-0.2, -0.15) is 9.97 Å². The highest BCUT2D eigenvalue weighted by Crippen LogP contribution is 2.27. The summed E-state index contributed by atoms with van der Waals surface area (Å²) in [5.41, 5.74) is -0.103. The Hall–Kier alpha value is -1.76. The molecule has 1 fully saturated rings. The SMILES string of the molecule is Cc1noc(C2CCN(Cc3noc(C(C)(C)C)n3)CC2)n1. The van der Waals surface area contributed by atoms with Gasteiger partial charge in [-0.05, 0) is 32.9 Å². The second-order valence-corrected chi connectivity index (χ2v) is 7.00. The molecule has 0 aromatic carbocycles. The Kier molecular flexibility index (Phi) is 3.99. The van der Waals surface area contributed by atoms with Gasteiger partial charge in [0.2, 0.25) is 11.8 Å². The Labute approximate surface area is 130 Å². The van der Waals surface area contributed by atoms with Gasteiger partial charge in [-0.3, -0.25) is 4.90 Å². The first-order chi connectivity index (χ1) is 10.4. The minimum Gasteiger partial charge on any atom is -0.339 e. The molecular weight excluding hydrogens is 282 g/mol. The number of rotatable bonds is 3. The van der Waals surface area contributed by atoms with Crippen LogP contribution >= 0.6 is 0 Å². The number of piperidine rings is 1. The van der Waals surface area contributed by atoms with Gasteiger partial charge in [0.05, 0.1) is 6.54 Å². The lowest BCUT2D eigenvalue weighted by Gasteiger charge is -2.29. The van der Waals surface area contributed by atoms with E-state index >= 15 is 0 Å². The quantitative estimate of drug-likeness (QED) is 0.861. The minimum atomic E-state index is -0.103. The Morgan fingerprint density at radius 2 is 1.82 bits per heavy atom. The molecule has 0 atom stereocenters. The van der Waals surface area contributed by atoms with Crippen LogP contribution in [0.5, 0.6) is 0 Å². The number of hydrogen-bond donors (Lipinski definition) is 0. The smallest absolute Gasteiger partial charge is 0.232 e. The lowest BCUT2D eigenvalue weighted by Crippen LogP contribution is -2.33. The van der Waals surface area contributed by atoms with Crippen LogP contribution in [0, 0.1) is 6.92 Å². The van der Waals surface area contributed by atoms with Crippen molar-refractivity contribution in [2.45, 2.75) is 58.4 Å². The molecule has 0 saturated carbocycles. The summed E-state index contributed by atoms with van der Waals surface area (Å²) < 4.78 is 10.6. The van der Waals surface area contributed by atoms with Gasteiger partial charge in [-0.25, -0.2) is 0 Å². The molecule has 22 heavy (non-hydrogen) atoms. The number of aromatic nitrogens is 4. The molecule has 1 aliphatic heterocycles. The van der Waals surface area contributed by atoms with Gasteiger partial charge in [0.15, 0.2) is 11.6 Å². The van der Waals surface area contributed by atoms with Crippen LogP contribution in [0.1, 0.15) is 63.0 Å². The van der Waals surface area contributed by atoms with Crippen molar-refractivity contribution in [2.24, 2.45) is 0 Å². The zero-order chi connectivity index (χ0) is 15.7. The van der Waals surface area contributed by atoms with Crippen LogP contribution in [-0.2, 0) is 12.0 Å². The Bertz CT molecular complexity index is 620. The van der Waals surface area contributed by atoms with Gasteiger partial charge >= 0.3 is 0 Å². The van der Waals surface area contributed by atoms with E-state index in [0.717, 1.165) is 44.2 Å². The van der Waals surface area contributed by atoms with Crippen LogP contribution in [0.15, 0.2) is 9.05 Å². The van der Waals surface area contributed by atoms with Crippen molar-refractivity contribution in [1.29, 1.82) is 0 Å². The van der Waals surface area contributed by atoms with E-state index in [1.165, 1.54) is 0 Å². The number of likely N-dealkylation sites (tertiary alicyclic amines) is 1. The predicted octanol–water partition coefficient (Wildman–Crippen LogP) is 2.44. The molecule has 0 N–H and O–H groups in total. The minimum absolute atomic E-state index is 0.103. The molecule has 3 heterocycles. The Morgan fingerprint density at radius 3 is 2.36 bits per heavy atom. The summed E-state index contributed by atoms with van der Waals surface area (Å²) >= 11 is 0. The maximum absolute atomic E-state index is 5.34. The zero-order valence-electron chi connectivity index (χ0n) is 13.7. The molecule has 1 saturated heterocycles. The third-order valence-electron chi connectivity index (χ3n) is 3.95. The molecule has 0 aliphatic carbocycles. The third kappa shape index (κ3) is 3.35. The van der Waals surface area contributed by atoms with Crippen molar-refractivity contribution < 1.29 is 9.05 Å². The summed E-state index contributed by atoms with van der Waals surface area (Å²) in [5, 5.41) is 7.96. The van der Waals surface area contributed by atoms with E-state index in [-0.39, 0.29) is 5.41 Å². The summed E-state index contributed by atoms with van der Waals surface area (Å²) in [6, 6.07) is 0. The standard InChI is InChI=1S/C15H23N5O2/c1-10-16-13(21-18-10)11-5-7-20(8-6-11)9-12-17-14(22-19-12)15(2,3)4/h11H,5-9H2,1-4H3. The summed E-state index contributed by atoms with van der Waals surface area (Å²) in [6.45, 7) is 10.8. The second-order valence-electron chi connectivity index (χ2n) is 7.00. The van der Waals surface area contributed by atoms with Gasteiger partial charge < -0.3 is 9.05 Å². The Morgan fingerprint density at radius 1 is 1.09 bits per heavy atom. The fourth-order valence-electron chi connectivity index (χ4n) is 2.64. The Balaban J connectivity index is 1.55. The first-order valence-electron chi connectivity index (χ1n) is 7.77. The van der Waals surface area contributed by atoms with Crippen LogP contribution < -0.4 is 0 Å². The van der Waals surface area contributed by atoms with Gasteiger partial charge in [0.1, 0.15) is 0 Å². The molecule has 7 heteroatoms. The van der Waals surface area contributed by atoms with E-state index in [1.54, 1.807) is 0 Å². The van der Waals surface area contributed by atoms with E-state index in [2.05, 4.69) is 46.0 Å². The van der Waals surface area contributed by atoms with Crippen molar-refractivity contribution in [3.8, 4) is 0 Å². The molecule has 0 spiro atoms. The fraction of sp³-hybridized carbons (Fsp3) is 0.733.